The number of hydrogen-bond acceptors (Lipinski definition) is 4. The van der Waals surface area contributed by atoms with E-state index in [9.17, 15) is 19.2 Å². The molecule has 1 aromatic rings. The number of carbonyl (C=O) groups is 2. The number of benzene rings is 1. The predicted octanol–water partition coefficient (Wildman–Crippen LogP) is 2.99. The number of nitrogens with zero attached hydrogens (tertiary/aromatic N) is 1. The monoisotopic (exact) mass is 358 g/mol. The maximum atomic E-state index is 14.3. The Hall–Kier alpha value is -2.42. The fraction of sp³-hybridized carbons (Fsp3) is 0.550. The molecular weight excluding hydrogens is 335 g/mol. The van der Waals surface area contributed by atoms with Crippen LogP contribution >= 0.6 is 0 Å². The van der Waals surface area contributed by atoms with Gasteiger partial charge in [-0.15, -0.1) is 0 Å². The number of esters is 1. The van der Waals surface area contributed by atoms with Crippen molar-refractivity contribution in [1.82, 2.24) is 5.32 Å². The molecule has 0 aliphatic heterocycles. The molecule has 1 N–H and O–H groups in total. The molecule has 26 heavy (non-hydrogen) atoms. The van der Waals surface area contributed by atoms with Crippen molar-refractivity contribution >= 4 is 11.9 Å². The van der Waals surface area contributed by atoms with Crippen molar-refractivity contribution in [3.8, 4) is 6.07 Å². The molecule has 5 nitrogen and oxygen atoms in total. The fourth-order valence-electron chi connectivity index (χ4n) is 3.89. The minimum atomic E-state index is -1.03. The molecule has 2 fully saturated rings. The van der Waals surface area contributed by atoms with Gasteiger partial charge in [0.2, 0.25) is 0 Å². The van der Waals surface area contributed by atoms with Gasteiger partial charge in [0.05, 0.1) is 11.5 Å². The lowest BCUT2D eigenvalue weighted by atomic mass is 9.78. The third-order valence-corrected chi connectivity index (χ3v) is 5.60. The third-order valence-electron chi connectivity index (χ3n) is 5.60. The molecule has 0 bridgehead atoms. The summed E-state index contributed by atoms with van der Waals surface area (Å²) < 4.78 is 19.6. The van der Waals surface area contributed by atoms with Crippen molar-refractivity contribution in [2.24, 2.45) is 5.92 Å². The highest BCUT2D eigenvalue weighted by atomic mass is 19.1. The second-order valence-electron chi connectivity index (χ2n) is 7.48. The number of rotatable bonds is 6. The fourth-order valence-corrected chi connectivity index (χ4v) is 3.89. The van der Waals surface area contributed by atoms with Gasteiger partial charge in [0.1, 0.15) is 11.4 Å². The Bertz CT molecular complexity index is 748. The van der Waals surface area contributed by atoms with Crippen LogP contribution in [0.3, 0.4) is 0 Å². The molecule has 2 aliphatic carbocycles. The van der Waals surface area contributed by atoms with E-state index in [1.54, 1.807) is 25.1 Å². The van der Waals surface area contributed by atoms with E-state index < -0.39 is 35.3 Å². The Kier molecular flexibility index (Phi) is 4.99. The van der Waals surface area contributed by atoms with E-state index in [1.165, 1.54) is 6.07 Å². The molecule has 1 aromatic carbocycles. The van der Waals surface area contributed by atoms with E-state index in [-0.39, 0.29) is 5.92 Å². The number of nitriles is 1. The molecule has 0 radical (unpaired) electrons. The molecule has 2 aliphatic rings. The number of halogens is 1. The van der Waals surface area contributed by atoms with Gasteiger partial charge in [-0.3, -0.25) is 9.59 Å². The number of amides is 1. The lowest BCUT2D eigenvalue weighted by Gasteiger charge is -2.28. The van der Waals surface area contributed by atoms with Crippen molar-refractivity contribution in [1.29, 1.82) is 5.26 Å². The zero-order chi connectivity index (χ0) is 18.8. The Morgan fingerprint density at radius 3 is 2.58 bits per heavy atom. The van der Waals surface area contributed by atoms with Gasteiger partial charge < -0.3 is 10.1 Å². The Morgan fingerprint density at radius 1 is 1.35 bits per heavy atom. The number of nitrogens with one attached hydrogen (secondary N) is 1. The Morgan fingerprint density at radius 2 is 2.00 bits per heavy atom. The van der Waals surface area contributed by atoms with E-state index in [1.807, 2.05) is 0 Å². The average Bonchev–Trinajstić information content (AvgIpc) is 3.38. The first kappa shape index (κ1) is 18.4. The molecule has 1 amide bonds. The van der Waals surface area contributed by atoms with Crippen LogP contribution in [0.1, 0.15) is 51.0 Å². The number of hydrogen-bond donors (Lipinski definition) is 1. The molecular formula is C20H23FN2O3. The molecule has 138 valence electrons. The van der Waals surface area contributed by atoms with Gasteiger partial charge >= 0.3 is 5.97 Å². The first-order valence-electron chi connectivity index (χ1n) is 9.06. The summed E-state index contributed by atoms with van der Waals surface area (Å²) in [4.78, 5) is 24.9. The summed E-state index contributed by atoms with van der Waals surface area (Å²) in [6.45, 7) is 1.22. The largest absolute Gasteiger partial charge is 0.455 e. The Labute approximate surface area is 152 Å². The first-order valence-corrected chi connectivity index (χ1v) is 9.06. The molecule has 0 unspecified atom stereocenters. The molecule has 0 aromatic heterocycles. The summed E-state index contributed by atoms with van der Waals surface area (Å²) in [5.41, 5.74) is -1.62. The van der Waals surface area contributed by atoms with Crippen LogP contribution in [0.2, 0.25) is 0 Å². The van der Waals surface area contributed by atoms with Crippen molar-refractivity contribution in [2.75, 3.05) is 6.61 Å². The van der Waals surface area contributed by atoms with Crippen LogP contribution in [0.15, 0.2) is 24.3 Å². The Balaban J connectivity index is 1.67. The van der Waals surface area contributed by atoms with Crippen LogP contribution in [-0.2, 0) is 19.7 Å². The maximum absolute atomic E-state index is 14.3. The van der Waals surface area contributed by atoms with Gasteiger partial charge in [-0.2, -0.15) is 5.26 Å². The van der Waals surface area contributed by atoms with E-state index in [4.69, 9.17) is 4.74 Å². The van der Waals surface area contributed by atoms with E-state index >= 15 is 0 Å². The third kappa shape index (κ3) is 3.44. The van der Waals surface area contributed by atoms with Gasteiger partial charge in [-0.05, 0) is 44.6 Å². The quantitative estimate of drug-likeness (QED) is 0.793. The highest BCUT2D eigenvalue weighted by molar-refractivity contribution is 5.87. The highest BCUT2D eigenvalue weighted by Gasteiger charge is 2.46. The van der Waals surface area contributed by atoms with E-state index in [0.717, 1.165) is 25.7 Å². The van der Waals surface area contributed by atoms with Crippen LogP contribution in [-0.4, -0.2) is 24.0 Å². The lowest BCUT2D eigenvalue weighted by molar-refractivity contribution is -0.154. The van der Waals surface area contributed by atoms with Crippen LogP contribution in [0.4, 0.5) is 4.39 Å². The smallest absolute Gasteiger partial charge is 0.317 e. The average molecular weight is 358 g/mol. The van der Waals surface area contributed by atoms with Gasteiger partial charge in [0, 0.05) is 5.56 Å². The van der Waals surface area contributed by atoms with Gasteiger partial charge in [0.15, 0.2) is 6.61 Å². The predicted molar refractivity (Wildman–Crippen MR) is 92.4 cm³/mol. The zero-order valence-electron chi connectivity index (χ0n) is 14.9. The molecule has 0 heterocycles. The summed E-state index contributed by atoms with van der Waals surface area (Å²) in [6, 6.07) is 8.37. The van der Waals surface area contributed by atoms with Crippen LogP contribution in [0.25, 0.3) is 0 Å². The topological polar surface area (TPSA) is 79.2 Å². The summed E-state index contributed by atoms with van der Waals surface area (Å²) in [5, 5.41) is 12.0. The van der Waals surface area contributed by atoms with Crippen LogP contribution in [0.5, 0.6) is 0 Å². The second kappa shape index (κ2) is 7.06. The van der Waals surface area contributed by atoms with Crippen LogP contribution < -0.4 is 5.32 Å². The standard InChI is InChI=1S/C20H23FN2O3/c1-19(13-22,14-8-9-14)23-17(24)12-26-18(25)20(10-4-5-11-20)15-6-2-3-7-16(15)21/h2-3,6-7,14H,4-5,8-12H2,1H3,(H,23,24)/t19-/m1/s1. The normalized spacial score (nSPS) is 20.7. The van der Waals surface area contributed by atoms with E-state index in [2.05, 4.69) is 11.4 Å². The molecule has 1 atom stereocenters. The van der Waals surface area contributed by atoms with Gasteiger partial charge in [0.25, 0.3) is 5.91 Å². The molecule has 3 rings (SSSR count). The van der Waals surface area contributed by atoms with Crippen molar-refractivity contribution in [3.63, 3.8) is 0 Å². The van der Waals surface area contributed by atoms with E-state index in [0.29, 0.717) is 18.4 Å². The van der Waals surface area contributed by atoms with Gasteiger partial charge in [-0.25, -0.2) is 4.39 Å². The highest BCUT2D eigenvalue weighted by Crippen LogP contribution is 2.43. The minimum Gasteiger partial charge on any atom is -0.455 e. The van der Waals surface area contributed by atoms with Crippen molar-refractivity contribution in [2.45, 2.75) is 56.4 Å². The molecule has 6 heteroatoms. The minimum absolute atomic E-state index is 0.145. The molecule has 0 saturated heterocycles. The summed E-state index contributed by atoms with van der Waals surface area (Å²) in [5.74, 6) is -1.36. The lowest BCUT2D eigenvalue weighted by Crippen LogP contribution is -2.48. The zero-order valence-corrected chi connectivity index (χ0v) is 14.9. The SMILES string of the molecule is C[C@](C#N)(NC(=O)COC(=O)C1(c2ccccc2F)CCCC1)C1CC1. The summed E-state index contributed by atoms with van der Waals surface area (Å²) in [7, 11) is 0. The second-order valence-corrected chi connectivity index (χ2v) is 7.48. The van der Waals surface area contributed by atoms with Crippen molar-refractivity contribution < 1.29 is 18.7 Å². The summed E-state index contributed by atoms with van der Waals surface area (Å²) in [6.07, 6.45) is 4.44. The summed E-state index contributed by atoms with van der Waals surface area (Å²) >= 11 is 0. The van der Waals surface area contributed by atoms with Crippen molar-refractivity contribution in [3.05, 3.63) is 35.6 Å². The number of carbonyl (C=O) groups excluding carboxylic acids is 2. The molecule has 2 saturated carbocycles. The maximum Gasteiger partial charge on any atom is 0.317 e. The van der Waals surface area contributed by atoms with Crippen LogP contribution in [0, 0.1) is 23.1 Å². The molecule has 0 spiro atoms. The number of ether oxygens (including phenoxy) is 1. The van der Waals surface area contributed by atoms with Gasteiger partial charge in [-0.1, -0.05) is 31.0 Å². The first-order chi connectivity index (χ1) is 12.4.